The number of unbranched alkanes of at least 4 members (excludes halogenated alkanes) is 35. The van der Waals surface area contributed by atoms with E-state index in [4.69, 9.17) is 13.8 Å². The first kappa shape index (κ1) is 74.7. The first-order valence-electron chi connectivity index (χ1n) is 32.6. The number of amides is 1. The number of hydrogen-bond donors (Lipinski definition) is 1. The third kappa shape index (κ3) is 58.2. The topological polar surface area (TPSA) is 114 Å². The summed E-state index contributed by atoms with van der Waals surface area (Å²) >= 11 is 0. The minimum absolute atomic E-state index is 0.0248. The van der Waals surface area contributed by atoms with E-state index in [9.17, 15) is 19.0 Å². The summed E-state index contributed by atoms with van der Waals surface area (Å²) in [6.07, 6.45) is 71.8. The number of rotatable bonds is 59. The number of carbonyl (C=O) groups is 2. The Balaban J connectivity index is 5.23. The highest BCUT2D eigenvalue weighted by molar-refractivity contribution is 7.45. The molecule has 0 spiro atoms. The van der Waals surface area contributed by atoms with E-state index in [1.165, 1.54) is 186 Å². The Morgan fingerprint density at radius 3 is 1.19 bits per heavy atom. The number of phosphoric acid groups is 1. The lowest BCUT2D eigenvalue weighted by Crippen LogP contribution is -2.47. The Bertz CT molecular complexity index is 1500. The van der Waals surface area contributed by atoms with E-state index in [1.807, 2.05) is 33.3 Å². The summed E-state index contributed by atoms with van der Waals surface area (Å²) in [4.78, 5) is 40.1. The van der Waals surface area contributed by atoms with Crippen molar-refractivity contribution in [2.75, 3.05) is 40.9 Å². The number of phosphoric ester groups is 1. The van der Waals surface area contributed by atoms with Crippen LogP contribution in [0.25, 0.3) is 0 Å². The van der Waals surface area contributed by atoms with Gasteiger partial charge in [-0.25, -0.2) is 0 Å². The number of nitrogens with one attached hydrogen (secondary N) is 1. The van der Waals surface area contributed by atoms with Crippen LogP contribution in [-0.2, 0) is 27.9 Å². The van der Waals surface area contributed by atoms with Crippen molar-refractivity contribution in [1.82, 2.24) is 5.32 Å². The predicted molar refractivity (Wildman–Crippen MR) is 330 cm³/mol. The molecule has 0 aliphatic heterocycles. The monoisotopic (exact) mass is 1100 g/mol. The molecule has 0 aromatic rings. The van der Waals surface area contributed by atoms with E-state index in [2.05, 4.69) is 74.7 Å². The number of allylic oxidation sites excluding steroid dienone is 9. The molecule has 0 radical (unpaired) electrons. The van der Waals surface area contributed by atoms with E-state index in [-0.39, 0.29) is 24.9 Å². The number of carbonyl (C=O) groups excluding carboxylic acids is 2. The highest BCUT2D eigenvalue weighted by Gasteiger charge is 2.27. The van der Waals surface area contributed by atoms with Gasteiger partial charge in [-0.1, -0.05) is 255 Å². The average Bonchev–Trinajstić information content (AvgIpc) is 3.39. The molecule has 0 saturated heterocycles. The number of nitrogens with zero attached hydrogens (tertiary/aromatic N) is 1. The molecule has 1 N–H and O–H groups in total. The summed E-state index contributed by atoms with van der Waals surface area (Å²) in [7, 11) is 1.18. The Hall–Kier alpha value is -2.29. The van der Waals surface area contributed by atoms with Crippen LogP contribution >= 0.6 is 7.82 Å². The molecular formula is C67H125N2O7P. The van der Waals surface area contributed by atoms with Crippen LogP contribution in [0.1, 0.15) is 303 Å². The van der Waals surface area contributed by atoms with E-state index < -0.39 is 26.6 Å². The summed E-state index contributed by atoms with van der Waals surface area (Å²) in [5.74, 6) is -0.544. The molecular weight excluding hydrogens is 976 g/mol. The molecule has 0 rings (SSSR count). The smallest absolute Gasteiger partial charge is 0.306 e. The molecule has 0 aliphatic carbocycles. The van der Waals surface area contributed by atoms with Gasteiger partial charge in [0, 0.05) is 12.8 Å². The van der Waals surface area contributed by atoms with Crippen molar-refractivity contribution in [2.45, 2.75) is 315 Å². The van der Waals surface area contributed by atoms with Crippen LogP contribution in [0.4, 0.5) is 0 Å². The first-order valence-corrected chi connectivity index (χ1v) is 34.1. The molecule has 0 aromatic heterocycles. The average molecular weight is 1100 g/mol. The molecule has 10 heteroatoms. The first-order chi connectivity index (χ1) is 37.4. The molecule has 1 amide bonds. The van der Waals surface area contributed by atoms with E-state index in [0.717, 1.165) is 83.5 Å². The molecule has 77 heavy (non-hydrogen) atoms. The van der Waals surface area contributed by atoms with E-state index >= 15 is 0 Å². The molecule has 0 fully saturated rings. The second kappa shape index (κ2) is 57.0. The van der Waals surface area contributed by atoms with Crippen LogP contribution in [-0.4, -0.2) is 69.4 Å². The van der Waals surface area contributed by atoms with Crippen LogP contribution in [0.15, 0.2) is 60.8 Å². The van der Waals surface area contributed by atoms with Gasteiger partial charge in [-0.3, -0.25) is 14.2 Å². The lowest BCUT2D eigenvalue weighted by Gasteiger charge is -2.30. The minimum atomic E-state index is -4.70. The minimum Gasteiger partial charge on any atom is -0.756 e. The molecule has 3 unspecified atom stereocenters. The maximum absolute atomic E-state index is 13.5. The normalized spacial score (nSPS) is 14.0. The third-order valence-corrected chi connectivity index (χ3v) is 15.4. The Morgan fingerprint density at radius 1 is 0.455 bits per heavy atom. The van der Waals surface area contributed by atoms with Gasteiger partial charge in [-0.15, -0.1) is 0 Å². The summed E-state index contributed by atoms with van der Waals surface area (Å²) < 4.78 is 30.4. The van der Waals surface area contributed by atoms with Crippen molar-refractivity contribution in [2.24, 2.45) is 0 Å². The quantitative estimate of drug-likeness (QED) is 0.0212. The van der Waals surface area contributed by atoms with Crippen LogP contribution in [0, 0.1) is 0 Å². The molecule has 450 valence electrons. The van der Waals surface area contributed by atoms with Crippen LogP contribution in [0.3, 0.4) is 0 Å². The van der Waals surface area contributed by atoms with Gasteiger partial charge in [-0.05, 0) is 96.0 Å². The van der Waals surface area contributed by atoms with Crippen molar-refractivity contribution in [3.63, 3.8) is 0 Å². The van der Waals surface area contributed by atoms with E-state index in [1.54, 1.807) is 0 Å². The molecule has 0 aromatic carbocycles. The highest BCUT2D eigenvalue weighted by atomic mass is 31.2. The van der Waals surface area contributed by atoms with Crippen LogP contribution in [0.5, 0.6) is 0 Å². The lowest BCUT2D eigenvalue weighted by atomic mass is 10.0. The van der Waals surface area contributed by atoms with Gasteiger partial charge in [0.1, 0.15) is 19.3 Å². The second-order valence-electron chi connectivity index (χ2n) is 23.3. The fraction of sp³-hybridized carbons (Fsp3) is 0.821. The van der Waals surface area contributed by atoms with Crippen molar-refractivity contribution in [3.8, 4) is 0 Å². The fourth-order valence-electron chi connectivity index (χ4n) is 9.35. The summed E-state index contributed by atoms with van der Waals surface area (Å²) in [5.41, 5.74) is 0. The van der Waals surface area contributed by atoms with Gasteiger partial charge in [0.25, 0.3) is 7.82 Å². The van der Waals surface area contributed by atoms with Crippen LogP contribution < -0.4 is 10.2 Å². The number of quaternary nitrogens is 1. The number of hydrogen-bond acceptors (Lipinski definition) is 7. The Kier molecular flexibility index (Phi) is 55.3. The Labute approximate surface area is 477 Å². The van der Waals surface area contributed by atoms with Gasteiger partial charge < -0.3 is 28.5 Å². The molecule has 0 bridgehead atoms. The highest BCUT2D eigenvalue weighted by Crippen LogP contribution is 2.38. The number of esters is 1. The van der Waals surface area contributed by atoms with Crippen molar-refractivity contribution < 1.29 is 37.3 Å². The maximum Gasteiger partial charge on any atom is 0.306 e. The van der Waals surface area contributed by atoms with Gasteiger partial charge >= 0.3 is 5.97 Å². The number of likely N-dealkylation sites (N-methyl/N-ethyl adjacent to an activating group) is 1. The molecule has 0 saturated carbocycles. The maximum atomic E-state index is 13.5. The summed E-state index contributed by atoms with van der Waals surface area (Å²) in [6, 6.07) is -0.894. The Morgan fingerprint density at radius 2 is 0.792 bits per heavy atom. The van der Waals surface area contributed by atoms with Gasteiger partial charge in [0.2, 0.25) is 5.91 Å². The fourth-order valence-corrected chi connectivity index (χ4v) is 10.1. The number of ether oxygens (including phenoxy) is 1. The zero-order valence-electron chi connectivity index (χ0n) is 51.4. The zero-order valence-corrected chi connectivity index (χ0v) is 52.3. The summed E-state index contributed by atoms with van der Waals surface area (Å²) in [5, 5.41) is 3.03. The van der Waals surface area contributed by atoms with E-state index in [0.29, 0.717) is 17.4 Å². The molecule has 9 nitrogen and oxygen atoms in total. The van der Waals surface area contributed by atoms with Crippen molar-refractivity contribution >= 4 is 19.7 Å². The molecule has 0 heterocycles. The molecule has 3 atom stereocenters. The molecule has 0 aliphatic rings. The largest absolute Gasteiger partial charge is 0.756 e. The SMILES string of the molecule is CCCCC/C=C\C/C=C\CCCCCCCCCCCCCC(=O)OC(/C=C/CCCCCCCCCCCCC)C(COP(=O)([O-])OCC[N+](C)(C)C)NC(=O)CCCCCCCCC/C=C\C/C=C\CCCCC. The zero-order chi connectivity index (χ0) is 56.4. The second-order valence-corrected chi connectivity index (χ2v) is 24.7. The van der Waals surface area contributed by atoms with Gasteiger partial charge in [-0.2, -0.15) is 0 Å². The van der Waals surface area contributed by atoms with Gasteiger partial charge in [0.05, 0.1) is 33.8 Å². The third-order valence-electron chi connectivity index (χ3n) is 14.4. The van der Waals surface area contributed by atoms with Crippen molar-refractivity contribution in [1.29, 1.82) is 0 Å². The lowest BCUT2D eigenvalue weighted by molar-refractivity contribution is -0.870. The van der Waals surface area contributed by atoms with Crippen molar-refractivity contribution in [3.05, 3.63) is 60.8 Å². The van der Waals surface area contributed by atoms with Gasteiger partial charge in [0.15, 0.2) is 0 Å². The predicted octanol–water partition coefficient (Wildman–Crippen LogP) is 19.6. The summed E-state index contributed by atoms with van der Waals surface area (Å²) in [6.45, 7) is 6.81. The standard InChI is InChI=1S/C67H125N2O7P/c1-7-10-13-16-19-22-25-28-30-32-33-34-35-37-39-42-45-48-51-54-57-60-67(71)76-65(58-55-52-49-46-43-40-27-24-21-18-15-12-9-3)64(63-75-77(72,73)74-62-61-69(4,5)6)68-66(70)59-56-53-50-47-44-41-38-36-31-29-26-23-20-17-14-11-8-2/h19-20,22-23,28-31,55,58,64-65H,7-18,21,24-27,32-54,56-57,59-63H2,1-6H3,(H-,68,70,72,73)/b22-19-,23-20-,30-28-,31-29-,58-55+. The van der Waals surface area contributed by atoms with Crippen LogP contribution in [0.2, 0.25) is 0 Å².